The van der Waals surface area contributed by atoms with Gasteiger partial charge >= 0.3 is 0 Å². The molecule has 0 saturated heterocycles. The summed E-state index contributed by atoms with van der Waals surface area (Å²) >= 11 is 0. The highest BCUT2D eigenvalue weighted by atomic mass is 16.2. The second-order valence-electron chi connectivity index (χ2n) is 2.92. The highest BCUT2D eigenvalue weighted by molar-refractivity contribution is 5.88. The summed E-state index contributed by atoms with van der Waals surface area (Å²) in [6, 6.07) is 0.336. The highest BCUT2D eigenvalue weighted by Gasteiger charge is 2.16. The molecule has 0 aromatic rings. The molecule has 3 nitrogen and oxygen atoms in total. The lowest BCUT2D eigenvalue weighted by atomic mass is 10.2. The highest BCUT2D eigenvalue weighted by Crippen LogP contribution is 2.17. The van der Waals surface area contributed by atoms with Crippen LogP contribution in [0.1, 0.15) is 32.1 Å². The van der Waals surface area contributed by atoms with Crippen LogP contribution in [0.5, 0.6) is 0 Å². The first kappa shape index (κ1) is 8.24. The predicted octanol–water partition coefficient (Wildman–Crippen LogP) is 0.634. The minimum absolute atomic E-state index is 0.0104. The Labute approximate surface area is 66.2 Å². The summed E-state index contributed by atoms with van der Waals surface area (Å²) in [5, 5.41) is 2.81. The van der Waals surface area contributed by atoms with Crippen molar-refractivity contribution in [2.24, 2.45) is 0 Å². The molecule has 0 atom stereocenters. The molecular formula is C8H13NO2. The van der Waals surface area contributed by atoms with E-state index < -0.39 is 0 Å². The Morgan fingerprint density at radius 2 is 2.09 bits per heavy atom. The third-order valence-corrected chi connectivity index (χ3v) is 1.99. The van der Waals surface area contributed by atoms with Gasteiger partial charge in [-0.2, -0.15) is 0 Å². The number of aldehydes is 1. The van der Waals surface area contributed by atoms with E-state index in [1.165, 1.54) is 12.8 Å². The van der Waals surface area contributed by atoms with Crippen LogP contribution in [0.3, 0.4) is 0 Å². The molecule has 0 aromatic carbocycles. The Kier molecular flexibility index (Phi) is 3.08. The minimum Gasteiger partial charge on any atom is -0.353 e. The standard InChI is InChI=1S/C8H13NO2/c10-6-5-8(11)9-7-3-1-2-4-7/h6-7H,1-5H2,(H,9,11). The van der Waals surface area contributed by atoms with Gasteiger partial charge in [-0.15, -0.1) is 0 Å². The van der Waals surface area contributed by atoms with E-state index in [1.54, 1.807) is 0 Å². The van der Waals surface area contributed by atoms with Gasteiger partial charge in [0.25, 0.3) is 0 Å². The molecule has 0 radical (unpaired) electrons. The molecule has 0 heterocycles. The summed E-state index contributed by atoms with van der Waals surface area (Å²) in [4.78, 5) is 20.8. The topological polar surface area (TPSA) is 46.2 Å². The van der Waals surface area contributed by atoms with Crippen molar-refractivity contribution in [2.45, 2.75) is 38.1 Å². The molecular weight excluding hydrogens is 142 g/mol. The lowest BCUT2D eigenvalue weighted by Crippen LogP contribution is -2.32. The fraction of sp³-hybridized carbons (Fsp3) is 0.750. The van der Waals surface area contributed by atoms with Crippen LogP contribution in [0, 0.1) is 0 Å². The van der Waals surface area contributed by atoms with Crippen molar-refractivity contribution in [3.63, 3.8) is 0 Å². The van der Waals surface area contributed by atoms with Crippen LogP contribution in [-0.2, 0) is 9.59 Å². The first-order valence-corrected chi connectivity index (χ1v) is 4.06. The molecule has 0 unspecified atom stereocenters. The summed E-state index contributed by atoms with van der Waals surface area (Å²) in [5.41, 5.74) is 0. The van der Waals surface area contributed by atoms with Crippen molar-refractivity contribution >= 4 is 12.2 Å². The van der Waals surface area contributed by atoms with Gasteiger partial charge in [0.05, 0.1) is 6.42 Å². The average Bonchev–Trinajstić information content (AvgIpc) is 2.40. The van der Waals surface area contributed by atoms with Gasteiger partial charge in [0, 0.05) is 6.04 Å². The maximum atomic E-state index is 10.9. The molecule has 1 saturated carbocycles. The third kappa shape index (κ3) is 2.70. The molecule has 0 spiro atoms. The smallest absolute Gasteiger partial charge is 0.227 e. The van der Waals surface area contributed by atoms with Crippen molar-refractivity contribution in [1.82, 2.24) is 5.32 Å². The maximum absolute atomic E-state index is 10.9. The number of amides is 1. The van der Waals surface area contributed by atoms with Crippen molar-refractivity contribution < 1.29 is 9.59 Å². The zero-order valence-corrected chi connectivity index (χ0v) is 6.51. The number of nitrogens with one attached hydrogen (secondary N) is 1. The lowest BCUT2D eigenvalue weighted by molar-refractivity contribution is -0.124. The van der Waals surface area contributed by atoms with E-state index >= 15 is 0 Å². The Bertz CT molecular complexity index is 150. The fourth-order valence-corrected chi connectivity index (χ4v) is 1.43. The second kappa shape index (κ2) is 4.11. The van der Waals surface area contributed by atoms with E-state index in [0.717, 1.165) is 12.8 Å². The summed E-state index contributed by atoms with van der Waals surface area (Å²) in [6.45, 7) is 0. The molecule has 1 aliphatic rings. The van der Waals surface area contributed by atoms with E-state index in [1.807, 2.05) is 0 Å². The molecule has 62 valence electrons. The van der Waals surface area contributed by atoms with Gasteiger partial charge < -0.3 is 10.1 Å². The molecule has 1 N–H and O–H groups in total. The van der Waals surface area contributed by atoms with E-state index in [-0.39, 0.29) is 12.3 Å². The molecule has 1 rings (SSSR count). The molecule has 1 fully saturated rings. The van der Waals surface area contributed by atoms with Gasteiger partial charge in [-0.05, 0) is 12.8 Å². The van der Waals surface area contributed by atoms with Crippen molar-refractivity contribution in [3.05, 3.63) is 0 Å². The SMILES string of the molecule is O=CCC(=O)NC1CCCC1. The number of rotatable bonds is 3. The van der Waals surface area contributed by atoms with Gasteiger partial charge in [0.1, 0.15) is 6.29 Å². The third-order valence-electron chi connectivity index (χ3n) is 1.99. The van der Waals surface area contributed by atoms with Gasteiger partial charge in [-0.1, -0.05) is 12.8 Å². The van der Waals surface area contributed by atoms with Gasteiger partial charge in [0.15, 0.2) is 0 Å². The van der Waals surface area contributed by atoms with Crippen LogP contribution >= 0.6 is 0 Å². The van der Waals surface area contributed by atoms with Crippen LogP contribution in [0.2, 0.25) is 0 Å². The van der Waals surface area contributed by atoms with Crippen molar-refractivity contribution in [1.29, 1.82) is 0 Å². The van der Waals surface area contributed by atoms with Crippen LogP contribution < -0.4 is 5.32 Å². The van der Waals surface area contributed by atoms with E-state index in [9.17, 15) is 9.59 Å². The maximum Gasteiger partial charge on any atom is 0.227 e. The monoisotopic (exact) mass is 155 g/mol. The Morgan fingerprint density at radius 1 is 1.45 bits per heavy atom. The van der Waals surface area contributed by atoms with E-state index in [0.29, 0.717) is 12.3 Å². The summed E-state index contributed by atoms with van der Waals surface area (Å²) in [7, 11) is 0. The number of carbonyl (C=O) groups excluding carboxylic acids is 2. The van der Waals surface area contributed by atoms with Gasteiger partial charge in [0.2, 0.25) is 5.91 Å². The molecule has 0 bridgehead atoms. The van der Waals surface area contributed by atoms with Gasteiger partial charge in [-0.25, -0.2) is 0 Å². The van der Waals surface area contributed by atoms with Crippen molar-refractivity contribution in [2.75, 3.05) is 0 Å². The first-order chi connectivity index (χ1) is 5.33. The number of hydrogen-bond donors (Lipinski definition) is 1. The van der Waals surface area contributed by atoms with Crippen LogP contribution in [0.4, 0.5) is 0 Å². The second-order valence-corrected chi connectivity index (χ2v) is 2.92. The first-order valence-electron chi connectivity index (χ1n) is 4.06. The predicted molar refractivity (Wildman–Crippen MR) is 41.1 cm³/mol. The largest absolute Gasteiger partial charge is 0.353 e. The van der Waals surface area contributed by atoms with Crippen LogP contribution in [0.25, 0.3) is 0 Å². The minimum atomic E-state index is -0.132. The van der Waals surface area contributed by atoms with E-state index in [2.05, 4.69) is 5.32 Å². The van der Waals surface area contributed by atoms with Crippen LogP contribution in [-0.4, -0.2) is 18.2 Å². The molecule has 0 aliphatic heterocycles. The quantitative estimate of drug-likeness (QED) is 0.480. The number of hydrogen-bond acceptors (Lipinski definition) is 2. The van der Waals surface area contributed by atoms with E-state index in [4.69, 9.17) is 0 Å². The zero-order chi connectivity index (χ0) is 8.10. The fourth-order valence-electron chi connectivity index (χ4n) is 1.43. The molecule has 11 heavy (non-hydrogen) atoms. The number of carbonyl (C=O) groups is 2. The zero-order valence-electron chi connectivity index (χ0n) is 6.51. The van der Waals surface area contributed by atoms with Gasteiger partial charge in [-0.3, -0.25) is 4.79 Å². The molecule has 1 aliphatic carbocycles. The van der Waals surface area contributed by atoms with Crippen molar-refractivity contribution in [3.8, 4) is 0 Å². The molecule has 3 heteroatoms. The molecule has 1 amide bonds. The summed E-state index contributed by atoms with van der Waals surface area (Å²) in [5.74, 6) is -0.132. The Balaban J connectivity index is 2.18. The Hall–Kier alpha value is -0.860. The lowest BCUT2D eigenvalue weighted by Gasteiger charge is -2.09. The average molecular weight is 155 g/mol. The molecule has 0 aromatic heterocycles. The summed E-state index contributed by atoms with van der Waals surface area (Å²) in [6.07, 6.45) is 5.20. The Morgan fingerprint density at radius 3 is 2.64 bits per heavy atom. The van der Waals surface area contributed by atoms with Crippen LogP contribution in [0.15, 0.2) is 0 Å². The summed E-state index contributed by atoms with van der Waals surface area (Å²) < 4.78 is 0. The normalized spacial score (nSPS) is 18.2.